The van der Waals surface area contributed by atoms with Gasteiger partial charge in [0.05, 0.1) is 5.75 Å². The summed E-state index contributed by atoms with van der Waals surface area (Å²) in [5.41, 5.74) is 0. The van der Waals surface area contributed by atoms with Crippen molar-refractivity contribution in [3.63, 3.8) is 0 Å². The zero-order chi connectivity index (χ0) is 16.0. The fraction of sp³-hybridized carbons (Fsp3) is 0.583. The van der Waals surface area contributed by atoms with Gasteiger partial charge in [0.2, 0.25) is 21.9 Å². The number of rotatable bonds is 6. The highest BCUT2D eigenvalue weighted by Crippen LogP contribution is 2.12. The molecule has 0 bridgehead atoms. The molecule has 1 amide bonds. The largest absolute Gasteiger partial charge is 0.354 e. The second-order valence-electron chi connectivity index (χ2n) is 4.73. The van der Waals surface area contributed by atoms with Gasteiger partial charge in [-0.3, -0.25) is 4.79 Å². The first kappa shape index (κ1) is 16.9. The van der Waals surface area contributed by atoms with Gasteiger partial charge in [0.1, 0.15) is 5.88 Å². The Hall–Kier alpha value is -1.45. The summed E-state index contributed by atoms with van der Waals surface area (Å²) in [6, 6.07) is 1.74. The Morgan fingerprint density at radius 2 is 1.86 bits per heavy atom. The number of nitrogens with one attached hydrogen (secondary N) is 1. The van der Waals surface area contributed by atoms with Gasteiger partial charge in [-0.15, -0.1) is 11.6 Å². The summed E-state index contributed by atoms with van der Waals surface area (Å²) in [6.07, 6.45) is 3.32. The Labute approximate surface area is 134 Å². The molecule has 122 valence electrons. The van der Waals surface area contributed by atoms with E-state index in [1.165, 1.54) is 4.31 Å². The molecular formula is C12H18ClN5O3S. The van der Waals surface area contributed by atoms with Gasteiger partial charge in [0, 0.05) is 45.1 Å². The minimum absolute atomic E-state index is 0.0654. The third-order valence-corrected chi connectivity index (χ3v) is 5.39. The summed E-state index contributed by atoms with van der Waals surface area (Å²) in [5.74, 6) is -0.0652. The molecule has 0 radical (unpaired) electrons. The molecule has 1 fully saturated rings. The predicted octanol–water partition coefficient (Wildman–Crippen LogP) is -0.717. The number of sulfonamides is 1. The SMILES string of the molecule is O=C(CCl)NCCS(=O)(=O)N1CCN(c2ncccn2)CC1. The second-order valence-corrected chi connectivity index (χ2v) is 7.09. The molecule has 0 unspecified atom stereocenters. The summed E-state index contributed by atoms with van der Waals surface area (Å²) in [5, 5.41) is 2.46. The topological polar surface area (TPSA) is 95.5 Å². The zero-order valence-electron chi connectivity index (χ0n) is 12.0. The van der Waals surface area contributed by atoms with E-state index in [-0.39, 0.29) is 24.1 Å². The molecule has 10 heteroatoms. The smallest absolute Gasteiger partial charge is 0.234 e. The van der Waals surface area contributed by atoms with Crippen LogP contribution in [-0.2, 0) is 14.8 Å². The number of carbonyl (C=O) groups excluding carboxylic acids is 1. The van der Waals surface area contributed by atoms with Crippen LogP contribution in [0.1, 0.15) is 0 Å². The van der Waals surface area contributed by atoms with Crippen LogP contribution >= 0.6 is 11.6 Å². The van der Waals surface area contributed by atoms with Crippen LogP contribution in [0.25, 0.3) is 0 Å². The quantitative estimate of drug-likeness (QED) is 0.683. The number of nitrogens with zero attached hydrogens (tertiary/aromatic N) is 4. The van der Waals surface area contributed by atoms with E-state index in [2.05, 4.69) is 15.3 Å². The van der Waals surface area contributed by atoms with Crippen LogP contribution in [0.3, 0.4) is 0 Å². The number of anilines is 1. The minimum atomic E-state index is -3.38. The maximum Gasteiger partial charge on any atom is 0.234 e. The molecule has 2 heterocycles. The van der Waals surface area contributed by atoms with Gasteiger partial charge in [-0.05, 0) is 6.07 Å². The highest BCUT2D eigenvalue weighted by atomic mass is 35.5. The normalized spacial score (nSPS) is 16.5. The molecule has 1 N–H and O–H groups in total. The van der Waals surface area contributed by atoms with E-state index >= 15 is 0 Å². The van der Waals surface area contributed by atoms with E-state index in [4.69, 9.17) is 11.6 Å². The van der Waals surface area contributed by atoms with Crippen LogP contribution in [0, 0.1) is 0 Å². The predicted molar refractivity (Wildman–Crippen MR) is 83.3 cm³/mol. The Balaban J connectivity index is 1.84. The molecule has 1 aromatic heterocycles. The number of amides is 1. The van der Waals surface area contributed by atoms with Crippen molar-refractivity contribution in [3.05, 3.63) is 18.5 Å². The highest BCUT2D eigenvalue weighted by Gasteiger charge is 2.27. The van der Waals surface area contributed by atoms with Crippen molar-refractivity contribution in [2.24, 2.45) is 0 Å². The lowest BCUT2D eigenvalue weighted by molar-refractivity contribution is -0.118. The van der Waals surface area contributed by atoms with Gasteiger partial charge in [-0.1, -0.05) is 0 Å². The maximum atomic E-state index is 12.2. The molecule has 0 saturated carbocycles. The summed E-state index contributed by atoms with van der Waals surface area (Å²) in [4.78, 5) is 21.3. The Morgan fingerprint density at radius 3 is 2.45 bits per heavy atom. The molecule has 2 rings (SSSR count). The first-order chi connectivity index (χ1) is 10.5. The van der Waals surface area contributed by atoms with Gasteiger partial charge in [-0.2, -0.15) is 4.31 Å². The number of alkyl halides is 1. The first-order valence-corrected chi connectivity index (χ1v) is 9.00. The van der Waals surface area contributed by atoms with Crippen molar-refractivity contribution >= 4 is 33.5 Å². The average molecular weight is 348 g/mol. The van der Waals surface area contributed by atoms with Gasteiger partial charge in [-0.25, -0.2) is 18.4 Å². The Morgan fingerprint density at radius 1 is 1.23 bits per heavy atom. The van der Waals surface area contributed by atoms with Crippen molar-refractivity contribution < 1.29 is 13.2 Å². The molecule has 8 nitrogen and oxygen atoms in total. The molecule has 1 aliphatic heterocycles. The molecule has 1 aliphatic rings. The maximum absolute atomic E-state index is 12.2. The van der Waals surface area contributed by atoms with Crippen molar-refractivity contribution in [1.29, 1.82) is 0 Å². The van der Waals surface area contributed by atoms with Crippen molar-refractivity contribution in [3.8, 4) is 0 Å². The number of aromatic nitrogens is 2. The van der Waals surface area contributed by atoms with Gasteiger partial charge < -0.3 is 10.2 Å². The molecular weight excluding hydrogens is 330 g/mol. The molecule has 0 spiro atoms. The van der Waals surface area contributed by atoms with Gasteiger partial charge in [0.15, 0.2) is 0 Å². The van der Waals surface area contributed by atoms with Crippen molar-refractivity contribution in [2.75, 3.05) is 49.3 Å². The summed E-state index contributed by atoms with van der Waals surface area (Å²) in [7, 11) is -3.38. The number of hydrogen-bond donors (Lipinski definition) is 1. The molecule has 1 saturated heterocycles. The van der Waals surface area contributed by atoms with Crippen LogP contribution in [0.4, 0.5) is 5.95 Å². The summed E-state index contributed by atoms with van der Waals surface area (Å²) in [6.45, 7) is 1.90. The zero-order valence-corrected chi connectivity index (χ0v) is 13.6. The third kappa shape index (κ3) is 4.52. The lowest BCUT2D eigenvalue weighted by Crippen LogP contribution is -2.50. The van der Waals surface area contributed by atoms with Crippen LogP contribution in [-0.4, -0.2) is 73.0 Å². The van der Waals surface area contributed by atoms with E-state index in [9.17, 15) is 13.2 Å². The minimum Gasteiger partial charge on any atom is -0.354 e. The molecule has 22 heavy (non-hydrogen) atoms. The molecule has 0 atom stereocenters. The average Bonchev–Trinajstić information content (AvgIpc) is 2.55. The van der Waals surface area contributed by atoms with Crippen LogP contribution < -0.4 is 10.2 Å². The van der Waals surface area contributed by atoms with Crippen molar-refractivity contribution in [1.82, 2.24) is 19.6 Å². The van der Waals surface area contributed by atoms with Gasteiger partial charge in [0.25, 0.3) is 0 Å². The number of hydrogen-bond acceptors (Lipinski definition) is 6. The highest BCUT2D eigenvalue weighted by molar-refractivity contribution is 7.89. The van der Waals surface area contributed by atoms with E-state index < -0.39 is 10.0 Å². The molecule has 0 aromatic carbocycles. The summed E-state index contributed by atoms with van der Waals surface area (Å²) < 4.78 is 25.8. The number of halogens is 1. The van der Waals surface area contributed by atoms with Crippen LogP contribution in [0.2, 0.25) is 0 Å². The van der Waals surface area contributed by atoms with E-state index in [1.807, 2.05) is 4.90 Å². The fourth-order valence-corrected chi connectivity index (χ4v) is 3.55. The van der Waals surface area contributed by atoms with Crippen LogP contribution in [0.5, 0.6) is 0 Å². The van der Waals surface area contributed by atoms with E-state index in [1.54, 1.807) is 18.5 Å². The third-order valence-electron chi connectivity index (χ3n) is 3.27. The Kier molecular flexibility index (Phi) is 5.92. The first-order valence-electron chi connectivity index (χ1n) is 6.85. The monoisotopic (exact) mass is 347 g/mol. The van der Waals surface area contributed by atoms with Crippen molar-refractivity contribution in [2.45, 2.75) is 0 Å². The number of carbonyl (C=O) groups is 1. The summed E-state index contributed by atoms with van der Waals surface area (Å²) >= 11 is 5.34. The fourth-order valence-electron chi connectivity index (χ4n) is 2.12. The molecule has 1 aromatic rings. The molecule has 0 aliphatic carbocycles. The lowest BCUT2D eigenvalue weighted by atomic mass is 10.4. The standard InChI is InChI=1S/C12H18ClN5O3S/c13-10-11(19)14-4-9-22(20,21)18-7-5-17(6-8-18)12-15-2-1-3-16-12/h1-3H,4-10H2,(H,14,19). The van der Waals surface area contributed by atoms with Crippen LogP contribution in [0.15, 0.2) is 18.5 Å². The van der Waals surface area contributed by atoms with Gasteiger partial charge >= 0.3 is 0 Å². The Bertz CT molecular complexity index is 590. The van der Waals surface area contributed by atoms with E-state index in [0.717, 1.165) is 0 Å². The lowest BCUT2D eigenvalue weighted by Gasteiger charge is -2.33. The second kappa shape index (κ2) is 7.70. The van der Waals surface area contributed by atoms with E-state index in [0.29, 0.717) is 32.1 Å². The number of piperazine rings is 1.